The topological polar surface area (TPSA) is 85.2 Å². The molecule has 8 heteroatoms. The second-order valence-corrected chi connectivity index (χ2v) is 8.80. The summed E-state index contributed by atoms with van der Waals surface area (Å²) in [5, 5.41) is 10.9. The Morgan fingerprint density at radius 3 is 2.83 bits per heavy atom. The van der Waals surface area contributed by atoms with E-state index in [1.165, 1.54) is 25.0 Å². The minimum Gasteiger partial charge on any atom is -0.484 e. The number of hydrogen-bond donors (Lipinski definition) is 0. The zero-order valence-corrected chi connectivity index (χ0v) is 17.6. The van der Waals surface area contributed by atoms with E-state index in [0.29, 0.717) is 11.8 Å². The van der Waals surface area contributed by atoms with E-state index in [-0.39, 0.29) is 29.8 Å². The van der Waals surface area contributed by atoms with Crippen LogP contribution < -0.4 is 4.74 Å². The van der Waals surface area contributed by atoms with Crippen molar-refractivity contribution in [3.05, 3.63) is 34.4 Å². The van der Waals surface area contributed by atoms with Crippen LogP contribution in [0.1, 0.15) is 44.9 Å². The van der Waals surface area contributed by atoms with E-state index in [4.69, 9.17) is 9.47 Å². The molecule has 4 rings (SSSR count). The second kappa shape index (κ2) is 8.89. The van der Waals surface area contributed by atoms with Crippen molar-refractivity contribution in [2.24, 2.45) is 0 Å². The highest BCUT2D eigenvalue weighted by Gasteiger charge is 2.47. The lowest BCUT2D eigenvalue weighted by molar-refractivity contribution is -0.384. The van der Waals surface area contributed by atoms with Gasteiger partial charge in [-0.2, -0.15) is 0 Å². The van der Waals surface area contributed by atoms with Crippen LogP contribution in [0.4, 0.5) is 5.69 Å². The van der Waals surface area contributed by atoms with Crippen LogP contribution in [0.25, 0.3) is 0 Å². The van der Waals surface area contributed by atoms with Gasteiger partial charge in [-0.05, 0) is 64.1 Å². The van der Waals surface area contributed by atoms with Crippen molar-refractivity contribution in [2.45, 2.75) is 62.6 Å². The van der Waals surface area contributed by atoms with E-state index < -0.39 is 4.92 Å². The van der Waals surface area contributed by atoms with E-state index in [0.717, 1.165) is 51.8 Å². The Morgan fingerprint density at radius 1 is 1.33 bits per heavy atom. The van der Waals surface area contributed by atoms with Gasteiger partial charge in [-0.25, -0.2) is 0 Å². The van der Waals surface area contributed by atoms with Crippen LogP contribution >= 0.6 is 0 Å². The molecule has 1 aromatic rings. The Bertz CT molecular complexity index is 774. The van der Waals surface area contributed by atoms with Crippen molar-refractivity contribution in [2.75, 3.05) is 33.4 Å². The van der Waals surface area contributed by atoms with Crippen LogP contribution in [-0.2, 0) is 9.53 Å². The number of likely N-dealkylation sites (tertiary alicyclic amines) is 1. The molecule has 0 aromatic heterocycles. The highest BCUT2D eigenvalue weighted by Crippen LogP contribution is 2.42. The third-order valence-electron chi connectivity index (χ3n) is 7.00. The molecule has 3 atom stereocenters. The molecule has 1 spiro atoms. The molecule has 3 aliphatic rings. The molecule has 1 aliphatic carbocycles. The number of benzene rings is 1. The summed E-state index contributed by atoms with van der Waals surface area (Å²) in [5.41, 5.74) is -0.0517. The number of ether oxygens (including phenoxy) is 2. The molecule has 0 radical (unpaired) electrons. The summed E-state index contributed by atoms with van der Waals surface area (Å²) in [6, 6.07) is 6.40. The number of hydrogen-bond acceptors (Lipinski definition) is 6. The largest absolute Gasteiger partial charge is 0.484 e. The maximum Gasteiger partial charge on any atom is 0.273 e. The molecular weight excluding hydrogens is 386 g/mol. The van der Waals surface area contributed by atoms with Crippen LogP contribution in [0.3, 0.4) is 0 Å². The van der Waals surface area contributed by atoms with Gasteiger partial charge in [-0.1, -0.05) is 6.07 Å². The minimum atomic E-state index is -0.468. The number of nitro benzene ring substituents is 1. The molecule has 0 N–H and O–H groups in total. The van der Waals surface area contributed by atoms with Crippen molar-refractivity contribution < 1.29 is 19.2 Å². The fraction of sp³-hybridized carbons (Fsp3) is 0.682. The van der Waals surface area contributed by atoms with Crippen molar-refractivity contribution in [3.63, 3.8) is 0 Å². The highest BCUT2D eigenvalue weighted by molar-refractivity contribution is 5.78. The molecule has 1 aromatic carbocycles. The lowest BCUT2D eigenvalue weighted by Crippen LogP contribution is -2.58. The molecule has 30 heavy (non-hydrogen) atoms. The minimum absolute atomic E-state index is 0.00683. The molecule has 0 unspecified atom stereocenters. The molecule has 2 aliphatic heterocycles. The van der Waals surface area contributed by atoms with Crippen LogP contribution in [0.2, 0.25) is 0 Å². The average molecular weight is 418 g/mol. The van der Waals surface area contributed by atoms with Gasteiger partial charge in [-0.3, -0.25) is 19.8 Å². The highest BCUT2D eigenvalue weighted by atomic mass is 16.6. The Labute approximate surface area is 177 Å². The Morgan fingerprint density at radius 2 is 2.13 bits per heavy atom. The van der Waals surface area contributed by atoms with E-state index in [1.807, 2.05) is 11.9 Å². The predicted molar refractivity (Wildman–Crippen MR) is 112 cm³/mol. The second-order valence-electron chi connectivity index (χ2n) is 8.80. The van der Waals surface area contributed by atoms with Crippen LogP contribution in [-0.4, -0.2) is 71.7 Å². The van der Waals surface area contributed by atoms with Gasteiger partial charge in [0, 0.05) is 31.8 Å². The summed E-state index contributed by atoms with van der Waals surface area (Å²) in [4.78, 5) is 27.8. The molecule has 3 fully saturated rings. The van der Waals surface area contributed by atoms with Gasteiger partial charge >= 0.3 is 0 Å². The number of nitrogens with zero attached hydrogens (tertiary/aromatic N) is 3. The number of carbonyl (C=O) groups is 1. The fourth-order valence-corrected chi connectivity index (χ4v) is 5.35. The molecule has 164 valence electrons. The number of likely N-dealkylation sites (N-methyl/N-ethyl adjacent to an activating group) is 1. The number of rotatable bonds is 6. The maximum atomic E-state index is 12.9. The van der Waals surface area contributed by atoms with Crippen molar-refractivity contribution >= 4 is 11.6 Å². The Hall–Kier alpha value is -2.19. The van der Waals surface area contributed by atoms with Gasteiger partial charge in [0.15, 0.2) is 6.61 Å². The summed E-state index contributed by atoms with van der Waals surface area (Å²) >= 11 is 0. The first-order chi connectivity index (χ1) is 14.5. The fourth-order valence-electron chi connectivity index (χ4n) is 5.35. The molecule has 2 saturated heterocycles. The van der Waals surface area contributed by atoms with Crippen molar-refractivity contribution in [3.8, 4) is 5.75 Å². The molecular formula is C22H31N3O5. The number of non-ortho nitro benzene ring substituents is 1. The van der Waals surface area contributed by atoms with Crippen LogP contribution in [0.15, 0.2) is 24.3 Å². The predicted octanol–water partition coefficient (Wildman–Crippen LogP) is 3.00. The van der Waals surface area contributed by atoms with Gasteiger partial charge in [0.25, 0.3) is 11.6 Å². The van der Waals surface area contributed by atoms with Crippen LogP contribution in [0, 0.1) is 10.1 Å². The van der Waals surface area contributed by atoms with Gasteiger partial charge in [0.2, 0.25) is 0 Å². The number of amides is 1. The summed E-state index contributed by atoms with van der Waals surface area (Å²) in [6.07, 6.45) is 7.59. The normalized spacial score (nSPS) is 29.2. The third kappa shape index (κ3) is 4.44. The first-order valence-electron chi connectivity index (χ1n) is 11.0. The third-order valence-corrected chi connectivity index (χ3v) is 7.00. The van der Waals surface area contributed by atoms with Gasteiger partial charge in [-0.15, -0.1) is 0 Å². The molecule has 2 heterocycles. The Balaban J connectivity index is 1.41. The molecule has 0 bridgehead atoms. The van der Waals surface area contributed by atoms with E-state index >= 15 is 0 Å². The monoisotopic (exact) mass is 417 g/mol. The summed E-state index contributed by atoms with van der Waals surface area (Å²) < 4.78 is 11.8. The van der Waals surface area contributed by atoms with Crippen molar-refractivity contribution in [1.82, 2.24) is 9.80 Å². The molecule has 8 nitrogen and oxygen atoms in total. The SMILES string of the molecule is CN(C(=O)COc1cccc([N+](=O)[O-])c1)[C@H]1CC[C@]2(CCCO2)C[C@@H]1N1CCCC1. The number of nitro groups is 1. The summed E-state index contributed by atoms with van der Waals surface area (Å²) in [5.74, 6) is 0.239. The van der Waals surface area contributed by atoms with Crippen molar-refractivity contribution in [1.29, 1.82) is 0 Å². The lowest BCUT2D eigenvalue weighted by Gasteiger charge is -2.48. The summed E-state index contributed by atoms with van der Waals surface area (Å²) in [7, 11) is 1.86. The van der Waals surface area contributed by atoms with Gasteiger partial charge in [0.05, 0.1) is 16.6 Å². The Kier molecular flexibility index (Phi) is 6.24. The average Bonchev–Trinajstić information content (AvgIpc) is 3.44. The quantitative estimate of drug-likeness (QED) is 0.523. The zero-order chi connectivity index (χ0) is 21.1. The zero-order valence-electron chi connectivity index (χ0n) is 17.6. The molecule has 1 amide bonds. The molecule has 1 saturated carbocycles. The standard InChI is InChI=1S/C22H31N3O5/c1-23(21(26)16-29-18-7-4-6-17(14-18)25(27)28)19-8-10-22(9-5-13-30-22)15-20(19)24-11-2-3-12-24/h4,6-7,14,19-20H,2-3,5,8-13,15-16H2,1H3/t19-,20-,22+/m0/s1. The van der Waals surface area contributed by atoms with Gasteiger partial charge in [0.1, 0.15) is 5.75 Å². The first-order valence-corrected chi connectivity index (χ1v) is 11.0. The smallest absolute Gasteiger partial charge is 0.273 e. The van der Waals surface area contributed by atoms with Gasteiger partial charge < -0.3 is 14.4 Å². The number of carbonyl (C=O) groups excluding carboxylic acids is 1. The lowest BCUT2D eigenvalue weighted by atomic mass is 9.76. The van der Waals surface area contributed by atoms with E-state index in [2.05, 4.69) is 4.90 Å². The van der Waals surface area contributed by atoms with E-state index in [1.54, 1.807) is 12.1 Å². The maximum absolute atomic E-state index is 12.9. The van der Waals surface area contributed by atoms with E-state index in [9.17, 15) is 14.9 Å². The summed E-state index contributed by atoms with van der Waals surface area (Å²) in [6.45, 7) is 2.90. The first kappa shape index (κ1) is 21.1. The van der Waals surface area contributed by atoms with Crippen LogP contribution in [0.5, 0.6) is 5.75 Å².